The Morgan fingerprint density at radius 3 is 2.55 bits per heavy atom. The van der Waals surface area contributed by atoms with E-state index in [9.17, 15) is 18.5 Å². The van der Waals surface area contributed by atoms with Crippen LogP contribution in [0.5, 0.6) is 0 Å². The van der Waals surface area contributed by atoms with Crippen LogP contribution in [0, 0.1) is 11.3 Å². The van der Waals surface area contributed by atoms with E-state index in [4.69, 9.17) is 0 Å². The zero-order chi connectivity index (χ0) is 23.3. The minimum Gasteiger partial charge on any atom is -0.321 e. The van der Waals surface area contributed by atoms with Gasteiger partial charge in [-0.05, 0) is 30.3 Å². The summed E-state index contributed by atoms with van der Waals surface area (Å²) in [6, 6.07) is 16.9. The molecule has 0 saturated carbocycles. The third-order valence-corrected chi connectivity index (χ3v) is 6.65. The fourth-order valence-electron chi connectivity index (χ4n) is 2.91. The summed E-state index contributed by atoms with van der Waals surface area (Å²) < 4.78 is 27.2. The summed E-state index contributed by atoms with van der Waals surface area (Å²) in [6.45, 7) is 0. The molecule has 2 aromatic carbocycles. The van der Waals surface area contributed by atoms with Gasteiger partial charge in [-0.3, -0.25) is 14.6 Å². The molecule has 0 aliphatic carbocycles. The number of carbonyl (C=O) groups is 1. The number of sulfonamides is 1. The molecule has 0 spiro atoms. The molecule has 0 aliphatic heterocycles. The molecule has 1 amide bonds. The summed E-state index contributed by atoms with van der Waals surface area (Å²) in [5, 5.41) is 20.9. The first-order chi connectivity index (χ1) is 16.0. The first-order valence-corrected chi connectivity index (χ1v) is 11.9. The molecule has 3 N–H and O–H groups in total. The number of aromatic amines is 1. The molecular formula is C22H16N6O3S2. The van der Waals surface area contributed by atoms with E-state index in [2.05, 4.69) is 25.2 Å². The highest BCUT2D eigenvalue weighted by Crippen LogP contribution is 2.23. The second kappa shape index (κ2) is 9.47. The van der Waals surface area contributed by atoms with E-state index >= 15 is 0 Å². The Bertz CT molecular complexity index is 1440. The van der Waals surface area contributed by atoms with Crippen molar-refractivity contribution in [2.45, 2.75) is 4.90 Å². The van der Waals surface area contributed by atoms with E-state index < -0.39 is 15.9 Å². The quantitative estimate of drug-likeness (QED) is 0.273. The van der Waals surface area contributed by atoms with Crippen LogP contribution in [0.2, 0.25) is 0 Å². The Labute approximate surface area is 193 Å². The molecular weight excluding hydrogens is 460 g/mol. The topological polar surface area (TPSA) is 141 Å². The van der Waals surface area contributed by atoms with Crippen molar-refractivity contribution in [3.63, 3.8) is 0 Å². The number of benzene rings is 2. The predicted molar refractivity (Wildman–Crippen MR) is 126 cm³/mol. The van der Waals surface area contributed by atoms with Gasteiger partial charge in [0.25, 0.3) is 15.9 Å². The summed E-state index contributed by atoms with van der Waals surface area (Å²) in [5.74, 6) is -0.630. The maximum absolute atomic E-state index is 12.6. The van der Waals surface area contributed by atoms with E-state index in [0.717, 1.165) is 16.9 Å². The van der Waals surface area contributed by atoms with E-state index in [1.807, 2.05) is 36.4 Å². The van der Waals surface area contributed by atoms with E-state index in [1.54, 1.807) is 5.38 Å². The molecule has 4 aromatic rings. The van der Waals surface area contributed by atoms with Crippen molar-refractivity contribution in [3.8, 4) is 17.3 Å². The number of amides is 1. The molecule has 0 radical (unpaired) electrons. The number of hydrogen-bond donors (Lipinski definition) is 3. The van der Waals surface area contributed by atoms with E-state index in [-0.39, 0.29) is 15.6 Å². The normalized spacial score (nSPS) is 11.5. The van der Waals surface area contributed by atoms with Crippen LogP contribution in [-0.2, 0) is 14.8 Å². The molecule has 0 atom stereocenters. The molecule has 33 heavy (non-hydrogen) atoms. The Hall–Kier alpha value is -4.27. The van der Waals surface area contributed by atoms with Crippen LogP contribution in [-0.4, -0.2) is 29.5 Å². The van der Waals surface area contributed by atoms with Crippen LogP contribution in [0.1, 0.15) is 5.56 Å². The SMILES string of the molecule is N#C/C(=C\c1cn[nH]c1-c1ccccc1)C(=O)Nc1ccc(S(=O)(=O)Nc2nccs2)cc1. The molecule has 2 aromatic heterocycles. The second-order valence-corrected chi connectivity index (χ2v) is 9.23. The van der Waals surface area contributed by atoms with Gasteiger partial charge in [0.05, 0.1) is 16.8 Å². The van der Waals surface area contributed by atoms with Gasteiger partial charge in [-0.15, -0.1) is 11.3 Å². The molecule has 4 rings (SSSR count). The van der Waals surface area contributed by atoms with E-state index in [0.29, 0.717) is 16.9 Å². The average Bonchev–Trinajstić information content (AvgIpc) is 3.50. The lowest BCUT2D eigenvalue weighted by molar-refractivity contribution is -0.112. The number of carbonyl (C=O) groups excluding carboxylic acids is 1. The monoisotopic (exact) mass is 476 g/mol. The fourth-order valence-corrected chi connectivity index (χ4v) is 4.70. The van der Waals surface area contributed by atoms with Crippen molar-refractivity contribution in [1.82, 2.24) is 15.2 Å². The standard InChI is InChI=1S/C22H16N6O3S2/c23-13-16(12-17-14-25-27-20(17)15-4-2-1-3-5-15)21(29)26-18-6-8-19(9-7-18)33(30,31)28-22-24-10-11-32-22/h1-12,14H,(H,24,28)(H,25,27)(H,26,29)/b16-12+. The predicted octanol–water partition coefficient (Wildman–Crippen LogP) is 3.88. The Kier molecular flexibility index (Phi) is 6.30. The van der Waals surface area contributed by atoms with Gasteiger partial charge in [-0.25, -0.2) is 13.4 Å². The third kappa shape index (κ3) is 5.15. The Balaban J connectivity index is 1.50. The van der Waals surface area contributed by atoms with Crippen molar-refractivity contribution < 1.29 is 13.2 Å². The van der Waals surface area contributed by atoms with Gasteiger partial charge >= 0.3 is 0 Å². The molecule has 0 unspecified atom stereocenters. The highest BCUT2D eigenvalue weighted by Gasteiger charge is 2.17. The van der Waals surface area contributed by atoms with Gasteiger partial charge in [0.2, 0.25) is 0 Å². The number of anilines is 2. The zero-order valence-corrected chi connectivity index (χ0v) is 18.5. The molecule has 2 heterocycles. The summed E-state index contributed by atoms with van der Waals surface area (Å²) in [5.41, 5.74) is 2.34. The molecule has 0 saturated heterocycles. The first kappa shape index (κ1) is 21.9. The lowest BCUT2D eigenvalue weighted by atomic mass is 10.1. The van der Waals surface area contributed by atoms with Crippen LogP contribution in [0.15, 0.2) is 82.8 Å². The summed E-state index contributed by atoms with van der Waals surface area (Å²) in [6.07, 6.45) is 4.47. The van der Waals surface area contributed by atoms with Gasteiger partial charge in [0.1, 0.15) is 11.6 Å². The van der Waals surface area contributed by atoms with Crippen LogP contribution in [0.3, 0.4) is 0 Å². The number of thiazole rings is 1. The third-order valence-electron chi connectivity index (χ3n) is 4.47. The molecule has 9 nitrogen and oxygen atoms in total. The van der Waals surface area contributed by atoms with Crippen molar-refractivity contribution in [2.24, 2.45) is 0 Å². The van der Waals surface area contributed by atoms with Crippen LogP contribution in [0.25, 0.3) is 17.3 Å². The lowest BCUT2D eigenvalue weighted by Crippen LogP contribution is -2.15. The molecule has 11 heteroatoms. The zero-order valence-electron chi connectivity index (χ0n) is 16.9. The minimum atomic E-state index is -3.80. The van der Waals surface area contributed by atoms with Crippen molar-refractivity contribution in [1.29, 1.82) is 5.26 Å². The van der Waals surface area contributed by atoms with Gasteiger partial charge < -0.3 is 5.32 Å². The maximum atomic E-state index is 12.6. The van der Waals surface area contributed by atoms with Crippen LogP contribution in [0.4, 0.5) is 10.8 Å². The van der Waals surface area contributed by atoms with Crippen LogP contribution < -0.4 is 10.0 Å². The second-order valence-electron chi connectivity index (χ2n) is 6.66. The smallest absolute Gasteiger partial charge is 0.266 e. The highest BCUT2D eigenvalue weighted by molar-refractivity contribution is 7.93. The number of nitrogens with one attached hydrogen (secondary N) is 3. The Morgan fingerprint density at radius 2 is 1.88 bits per heavy atom. The maximum Gasteiger partial charge on any atom is 0.266 e. The molecule has 0 fully saturated rings. The van der Waals surface area contributed by atoms with Gasteiger partial charge in [-0.2, -0.15) is 10.4 Å². The number of nitrogens with zero attached hydrogens (tertiary/aromatic N) is 3. The minimum absolute atomic E-state index is 0.0117. The van der Waals surface area contributed by atoms with Crippen molar-refractivity contribution >= 4 is 44.2 Å². The summed E-state index contributed by atoms with van der Waals surface area (Å²) in [7, 11) is -3.80. The van der Waals surface area contributed by atoms with Crippen molar-refractivity contribution in [2.75, 3.05) is 10.0 Å². The molecule has 0 bridgehead atoms. The first-order valence-electron chi connectivity index (χ1n) is 9.50. The highest BCUT2D eigenvalue weighted by atomic mass is 32.2. The van der Waals surface area contributed by atoms with Gasteiger partial charge in [0.15, 0.2) is 5.13 Å². The lowest BCUT2D eigenvalue weighted by Gasteiger charge is -2.08. The number of aromatic nitrogens is 3. The average molecular weight is 477 g/mol. The van der Waals surface area contributed by atoms with E-state index in [1.165, 1.54) is 42.7 Å². The number of H-pyrrole nitrogens is 1. The summed E-state index contributed by atoms with van der Waals surface area (Å²) in [4.78, 5) is 16.5. The number of hydrogen-bond acceptors (Lipinski definition) is 7. The fraction of sp³-hybridized carbons (Fsp3) is 0. The molecule has 0 aliphatic rings. The van der Waals surface area contributed by atoms with Crippen molar-refractivity contribution in [3.05, 3.63) is 83.5 Å². The summed E-state index contributed by atoms with van der Waals surface area (Å²) >= 11 is 1.16. The number of nitriles is 1. The number of rotatable bonds is 7. The Morgan fingerprint density at radius 1 is 1.12 bits per heavy atom. The molecule has 164 valence electrons. The van der Waals surface area contributed by atoms with Crippen LogP contribution >= 0.6 is 11.3 Å². The van der Waals surface area contributed by atoms with Gasteiger partial charge in [0, 0.05) is 28.4 Å². The van der Waals surface area contributed by atoms with Gasteiger partial charge in [-0.1, -0.05) is 30.3 Å². The largest absolute Gasteiger partial charge is 0.321 e.